The molecule has 2 aliphatic carbocycles. The molecule has 2 unspecified atom stereocenters. The SMILES string of the molecule is COc1ccc2c3c1OC1C(N(C/C=C/c4cccc(C(F)(F)F)c4)CC(C)C)CC[C@@]4(OC(C)=O)[C@@H](C2)N(C)CC[C@]314. The van der Waals surface area contributed by atoms with E-state index in [2.05, 4.69) is 36.8 Å². The summed E-state index contributed by atoms with van der Waals surface area (Å²) in [5.41, 5.74) is 0.956. The lowest BCUT2D eigenvalue weighted by Crippen LogP contribution is -2.78. The second-order valence-corrected chi connectivity index (χ2v) is 13.1. The lowest BCUT2D eigenvalue weighted by Gasteiger charge is -2.65. The fraction of sp³-hybridized carbons (Fsp3) is 0.559. The molecule has 1 spiro atoms. The lowest BCUT2D eigenvalue weighted by molar-refractivity contribution is -0.221. The zero-order valence-electron chi connectivity index (χ0n) is 25.5. The van der Waals surface area contributed by atoms with Crippen molar-refractivity contribution in [3.63, 3.8) is 0 Å². The molecule has 232 valence electrons. The van der Waals surface area contributed by atoms with Gasteiger partial charge in [-0.1, -0.05) is 44.2 Å². The molecule has 2 aromatic carbocycles. The molecule has 2 aliphatic heterocycles. The van der Waals surface area contributed by atoms with E-state index >= 15 is 0 Å². The fourth-order valence-corrected chi connectivity index (χ4v) is 8.64. The minimum atomic E-state index is -4.38. The van der Waals surface area contributed by atoms with Gasteiger partial charge in [0.1, 0.15) is 11.7 Å². The van der Waals surface area contributed by atoms with Crippen molar-refractivity contribution in [1.82, 2.24) is 9.80 Å². The maximum Gasteiger partial charge on any atom is 0.416 e. The van der Waals surface area contributed by atoms with Gasteiger partial charge in [-0.3, -0.25) is 14.6 Å². The van der Waals surface area contributed by atoms with Crippen molar-refractivity contribution in [1.29, 1.82) is 0 Å². The Morgan fingerprint density at radius 3 is 2.72 bits per heavy atom. The fourth-order valence-electron chi connectivity index (χ4n) is 8.64. The lowest BCUT2D eigenvalue weighted by atomic mass is 9.48. The molecule has 43 heavy (non-hydrogen) atoms. The van der Waals surface area contributed by atoms with E-state index in [1.165, 1.54) is 24.6 Å². The number of esters is 1. The first kappa shape index (κ1) is 30.0. The molecule has 1 saturated heterocycles. The average Bonchev–Trinajstić information content (AvgIpc) is 3.29. The third kappa shape index (κ3) is 4.74. The molecule has 0 radical (unpaired) electrons. The Bertz CT molecular complexity index is 1420. The topological polar surface area (TPSA) is 51.2 Å². The summed E-state index contributed by atoms with van der Waals surface area (Å²) < 4.78 is 59.2. The maximum atomic E-state index is 13.3. The van der Waals surface area contributed by atoms with Gasteiger partial charge in [-0.05, 0) is 74.5 Å². The van der Waals surface area contributed by atoms with Crippen molar-refractivity contribution in [2.45, 2.75) is 81.8 Å². The molecule has 4 aliphatic rings. The number of methoxy groups -OCH3 is 1. The van der Waals surface area contributed by atoms with Crippen LogP contribution in [0.5, 0.6) is 11.5 Å². The van der Waals surface area contributed by atoms with Gasteiger partial charge < -0.3 is 14.2 Å². The molecule has 2 heterocycles. The summed E-state index contributed by atoms with van der Waals surface area (Å²) in [5.74, 6) is 1.53. The average molecular weight is 599 g/mol. The monoisotopic (exact) mass is 598 g/mol. The Hall–Kier alpha value is -3.04. The summed E-state index contributed by atoms with van der Waals surface area (Å²) in [5, 5.41) is 0. The van der Waals surface area contributed by atoms with Crippen LogP contribution in [0, 0.1) is 5.92 Å². The minimum absolute atomic E-state index is 0.00403. The second-order valence-electron chi connectivity index (χ2n) is 13.1. The van der Waals surface area contributed by atoms with Gasteiger partial charge in [0.15, 0.2) is 11.5 Å². The van der Waals surface area contributed by atoms with E-state index in [1.807, 2.05) is 12.1 Å². The van der Waals surface area contributed by atoms with Gasteiger partial charge in [0.2, 0.25) is 0 Å². The van der Waals surface area contributed by atoms with Crippen LogP contribution in [0.25, 0.3) is 6.08 Å². The number of halogens is 3. The summed E-state index contributed by atoms with van der Waals surface area (Å²) in [6, 6.07) is 9.57. The molecule has 0 aromatic heterocycles. The Balaban J connectivity index is 1.41. The van der Waals surface area contributed by atoms with Crippen molar-refractivity contribution in [3.05, 3.63) is 64.7 Å². The number of likely N-dealkylation sites (N-methyl/N-ethyl adjacent to an activating group) is 1. The molecule has 6 nitrogen and oxygen atoms in total. The van der Waals surface area contributed by atoms with Crippen molar-refractivity contribution in [2.75, 3.05) is 33.8 Å². The number of hydrogen-bond acceptors (Lipinski definition) is 6. The molecule has 1 saturated carbocycles. The summed E-state index contributed by atoms with van der Waals surface area (Å²) in [6.07, 6.45) is 2.09. The molecule has 0 amide bonds. The first-order chi connectivity index (χ1) is 20.4. The number of alkyl halides is 3. The number of nitrogens with zero attached hydrogens (tertiary/aromatic N) is 2. The number of piperidine rings is 1. The van der Waals surface area contributed by atoms with E-state index in [-0.39, 0.29) is 24.2 Å². The van der Waals surface area contributed by atoms with E-state index in [0.29, 0.717) is 30.2 Å². The second kappa shape index (κ2) is 10.8. The highest BCUT2D eigenvalue weighted by Gasteiger charge is 2.75. The Morgan fingerprint density at radius 2 is 2.02 bits per heavy atom. The standard InChI is InChI=1S/C34H41F3N2O4/c1-21(2)20-39(16-7-9-23-8-6-10-25(18-23)34(35,36)37)26-13-14-33(43-22(3)40)28-19-24-11-12-27(41-5)30-29(24)32(33,31(26)42-30)15-17-38(28)4/h6-12,18,21,26,28,31H,13-17,19-20H2,1-5H3/b9-7+/t26?,28-,31?,32+,33-/m1/s1. The molecule has 9 heteroatoms. The highest BCUT2D eigenvalue weighted by molar-refractivity contribution is 5.69. The van der Waals surface area contributed by atoms with Gasteiger partial charge in [0.25, 0.3) is 0 Å². The van der Waals surface area contributed by atoms with E-state index < -0.39 is 22.8 Å². The zero-order valence-corrected chi connectivity index (χ0v) is 25.5. The van der Waals surface area contributed by atoms with Crippen LogP contribution in [-0.4, -0.2) is 73.3 Å². The molecule has 2 fully saturated rings. The van der Waals surface area contributed by atoms with Crippen LogP contribution in [0.3, 0.4) is 0 Å². The number of carbonyl (C=O) groups excluding carboxylic acids is 1. The highest BCUT2D eigenvalue weighted by atomic mass is 19.4. The maximum absolute atomic E-state index is 13.3. The van der Waals surface area contributed by atoms with Crippen molar-refractivity contribution < 1.29 is 32.2 Å². The first-order valence-electron chi connectivity index (χ1n) is 15.3. The zero-order chi connectivity index (χ0) is 30.7. The summed E-state index contributed by atoms with van der Waals surface area (Å²) in [6.45, 7) is 8.05. The molecule has 6 rings (SSSR count). The van der Waals surface area contributed by atoms with Crippen LogP contribution >= 0.6 is 0 Å². The Kier molecular flexibility index (Phi) is 7.57. The summed E-state index contributed by atoms with van der Waals surface area (Å²) >= 11 is 0. The Labute approximate surface area is 251 Å². The summed E-state index contributed by atoms with van der Waals surface area (Å²) in [4.78, 5) is 17.5. The number of rotatable bonds is 8. The molecular weight excluding hydrogens is 557 g/mol. The van der Waals surface area contributed by atoms with Crippen molar-refractivity contribution >= 4 is 12.0 Å². The number of hydrogen-bond donors (Lipinski definition) is 0. The first-order valence-corrected chi connectivity index (χ1v) is 15.3. The van der Waals surface area contributed by atoms with Crippen LogP contribution in [0.1, 0.15) is 62.3 Å². The van der Waals surface area contributed by atoms with Gasteiger partial charge in [-0.2, -0.15) is 13.2 Å². The van der Waals surface area contributed by atoms with Crippen LogP contribution in [0.15, 0.2) is 42.5 Å². The molecule has 0 N–H and O–H groups in total. The minimum Gasteiger partial charge on any atom is -0.493 e. The number of carbonyl (C=O) groups is 1. The number of ether oxygens (including phenoxy) is 3. The normalized spacial score (nSPS) is 29.6. The molecule has 5 atom stereocenters. The number of likely N-dealkylation sites (tertiary alicyclic amines) is 1. The van der Waals surface area contributed by atoms with E-state index in [9.17, 15) is 18.0 Å². The highest BCUT2D eigenvalue weighted by Crippen LogP contribution is 2.67. The Morgan fingerprint density at radius 1 is 1.23 bits per heavy atom. The van der Waals surface area contributed by atoms with Crippen LogP contribution < -0.4 is 9.47 Å². The third-order valence-electron chi connectivity index (χ3n) is 10.1. The van der Waals surface area contributed by atoms with Crippen LogP contribution in [0.4, 0.5) is 13.2 Å². The van der Waals surface area contributed by atoms with Gasteiger partial charge in [-0.15, -0.1) is 0 Å². The van der Waals surface area contributed by atoms with E-state index in [1.54, 1.807) is 19.3 Å². The molecule has 2 bridgehead atoms. The van der Waals surface area contributed by atoms with E-state index in [0.717, 1.165) is 49.7 Å². The quantitative estimate of drug-likeness (QED) is 0.342. The summed E-state index contributed by atoms with van der Waals surface area (Å²) in [7, 11) is 3.78. The van der Waals surface area contributed by atoms with Gasteiger partial charge >= 0.3 is 12.1 Å². The van der Waals surface area contributed by atoms with Gasteiger partial charge in [0.05, 0.1) is 24.1 Å². The number of benzene rings is 2. The van der Waals surface area contributed by atoms with Crippen molar-refractivity contribution in [3.8, 4) is 11.5 Å². The smallest absolute Gasteiger partial charge is 0.416 e. The predicted molar refractivity (Wildman–Crippen MR) is 158 cm³/mol. The van der Waals surface area contributed by atoms with Gasteiger partial charge in [-0.25, -0.2) is 0 Å². The van der Waals surface area contributed by atoms with Crippen LogP contribution in [0.2, 0.25) is 0 Å². The van der Waals surface area contributed by atoms with Crippen LogP contribution in [-0.2, 0) is 27.5 Å². The predicted octanol–water partition coefficient (Wildman–Crippen LogP) is 6.11. The largest absolute Gasteiger partial charge is 0.493 e. The van der Waals surface area contributed by atoms with Gasteiger partial charge in [0, 0.05) is 31.6 Å². The molecular formula is C34H41F3N2O4. The third-order valence-corrected chi connectivity index (χ3v) is 10.1. The molecule has 2 aromatic rings. The van der Waals surface area contributed by atoms with E-state index in [4.69, 9.17) is 14.2 Å². The van der Waals surface area contributed by atoms with Crippen molar-refractivity contribution in [2.24, 2.45) is 5.92 Å².